The summed E-state index contributed by atoms with van der Waals surface area (Å²) in [6.07, 6.45) is 8.48. The number of piperazine rings is 2. The number of Topliss-reactive ketones (excluding diaryl/α,β-unsaturated/α-hetero) is 1. The predicted octanol–water partition coefficient (Wildman–Crippen LogP) is 7.20. The number of carboxylic acid groups (broad SMARTS) is 1. The number of H-pyrrole nitrogens is 2. The van der Waals surface area contributed by atoms with Gasteiger partial charge in [0.2, 0.25) is 5.91 Å². The molecule has 0 atom stereocenters. The summed E-state index contributed by atoms with van der Waals surface area (Å²) in [7, 11) is 0. The van der Waals surface area contributed by atoms with Gasteiger partial charge in [-0.2, -0.15) is 0 Å². The average Bonchev–Trinajstić information content (AvgIpc) is 3.35. The summed E-state index contributed by atoms with van der Waals surface area (Å²) < 4.78 is 0. The Labute approximate surface area is 421 Å². The third-order valence-electron chi connectivity index (χ3n) is 13.5. The SMILES string of the molecule is O=C(CC1CCC1)c1ccc(N2CCNCC2)c(Cl)c1.O=C(NC1CCC1)c1ccc(N2CCN(C(=O)CCc3nc4ccccc4c(=O)[nH]3)CC2)c(Cl)c1.O=C(O)CCc1nc2ccccc2c(=O)[nH]1. The van der Waals surface area contributed by atoms with Crippen molar-refractivity contribution in [2.24, 2.45) is 5.92 Å². The number of aromatic amines is 2. The van der Waals surface area contributed by atoms with E-state index in [0.29, 0.717) is 94.0 Å². The van der Waals surface area contributed by atoms with Gasteiger partial charge < -0.3 is 40.4 Å². The van der Waals surface area contributed by atoms with E-state index < -0.39 is 5.97 Å². The lowest BCUT2D eigenvalue weighted by atomic mass is 9.81. The first-order valence-electron chi connectivity index (χ1n) is 24.5. The molecule has 4 aliphatic rings. The number of aliphatic carboxylic acids is 1. The summed E-state index contributed by atoms with van der Waals surface area (Å²) in [5.41, 5.74) is 4.06. The van der Waals surface area contributed by atoms with Gasteiger partial charge in [-0.25, -0.2) is 9.97 Å². The number of anilines is 2. The van der Waals surface area contributed by atoms with E-state index in [-0.39, 0.29) is 54.0 Å². The second kappa shape index (κ2) is 24.0. The number of para-hydroxylation sites is 2. The highest BCUT2D eigenvalue weighted by Gasteiger charge is 2.25. The number of ketones is 1. The fourth-order valence-electron chi connectivity index (χ4n) is 8.96. The molecule has 4 fully saturated rings. The second-order valence-corrected chi connectivity index (χ2v) is 19.2. The van der Waals surface area contributed by atoms with Crippen molar-refractivity contribution in [3.05, 3.63) is 138 Å². The third-order valence-corrected chi connectivity index (χ3v) is 14.1. The van der Waals surface area contributed by atoms with Gasteiger partial charge >= 0.3 is 5.97 Å². The summed E-state index contributed by atoms with van der Waals surface area (Å²) >= 11 is 12.9. The molecule has 16 nitrogen and oxygen atoms in total. The van der Waals surface area contributed by atoms with E-state index in [1.54, 1.807) is 48.5 Å². The predicted molar refractivity (Wildman–Crippen MR) is 277 cm³/mol. The van der Waals surface area contributed by atoms with Crippen LogP contribution in [0.25, 0.3) is 21.8 Å². The molecule has 4 aromatic carbocycles. The maximum Gasteiger partial charge on any atom is 0.303 e. The lowest BCUT2D eigenvalue weighted by molar-refractivity contribution is -0.137. The van der Waals surface area contributed by atoms with Crippen LogP contribution in [0, 0.1) is 5.92 Å². The molecule has 2 saturated carbocycles. The van der Waals surface area contributed by atoms with Crippen LogP contribution in [-0.2, 0) is 22.4 Å². The van der Waals surface area contributed by atoms with E-state index in [2.05, 4.69) is 40.4 Å². The van der Waals surface area contributed by atoms with Crippen molar-refractivity contribution < 1.29 is 24.3 Å². The number of rotatable bonds is 13. The van der Waals surface area contributed by atoms with Gasteiger partial charge in [-0.15, -0.1) is 0 Å². The van der Waals surface area contributed by atoms with Crippen LogP contribution in [0.2, 0.25) is 10.0 Å². The molecule has 2 aliphatic heterocycles. The zero-order valence-corrected chi connectivity index (χ0v) is 41.1. The minimum absolute atomic E-state index is 0.0366. The van der Waals surface area contributed by atoms with Crippen LogP contribution in [0.1, 0.15) is 90.2 Å². The highest BCUT2D eigenvalue weighted by Crippen LogP contribution is 2.33. The zero-order chi connectivity index (χ0) is 49.9. The molecule has 0 spiro atoms. The van der Waals surface area contributed by atoms with Gasteiger partial charge in [0.25, 0.3) is 17.0 Å². The van der Waals surface area contributed by atoms with Crippen molar-refractivity contribution in [1.82, 2.24) is 35.5 Å². The van der Waals surface area contributed by atoms with Gasteiger partial charge in [0.05, 0.1) is 49.6 Å². The Morgan fingerprint density at radius 3 is 1.69 bits per heavy atom. The Morgan fingerprint density at radius 2 is 1.17 bits per heavy atom. The van der Waals surface area contributed by atoms with Crippen molar-refractivity contribution in [1.29, 1.82) is 0 Å². The molecule has 71 heavy (non-hydrogen) atoms. The number of aryl methyl sites for hydroxylation is 2. The number of halogens is 2. The molecule has 6 aromatic rings. The van der Waals surface area contributed by atoms with Crippen molar-refractivity contribution in [2.45, 2.75) is 76.7 Å². The largest absolute Gasteiger partial charge is 0.481 e. The second-order valence-electron chi connectivity index (χ2n) is 18.4. The number of carbonyl (C=O) groups is 4. The summed E-state index contributed by atoms with van der Waals surface area (Å²) in [5, 5.41) is 17.2. The van der Waals surface area contributed by atoms with Gasteiger partial charge in [0.15, 0.2) is 5.78 Å². The monoisotopic (exact) mass is 1000 g/mol. The van der Waals surface area contributed by atoms with Gasteiger partial charge in [-0.05, 0) is 85.8 Å². The molecule has 0 bridgehead atoms. The summed E-state index contributed by atoms with van der Waals surface area (Å²) in [4.78, 5) is 91.9. The smallest absolute Gasteiger partial charge is 0.303 e. The van der Waals surface area contributed by atoms with Gasteiger partial charge in [0.1, 0.15) is 11.6 Å². The molecule has 5 N–H and O–H groups in total. The number of aromatic nitrogens is 4. The molecule has 18 heteroatoms. The highest BCUT2D eigenvalue weighted by atomic mass is 35.5. The molecule has 2 amide bonds. The first-order valence-corrected chi connectivity index (χ1v) is 25.2. The van der Waals surface area contributed by atoms with Crippen LogP contribution >= 0.6 is 23.2 Å². The molecule has 10 rings (SSSR count). The fourth-order valence-corrected chi connectivity index (χ4v) is 9.56. The molecule has 2 aromatic heterocycles. The fraction of sp³-hybridized carbons (Fsp3) is 0.396. The maximum atomic E-state index is 12.8. The molecule has 2 saturated heterocycles. The Balaban J connectivity index is 0.000000158. The van der Waals surface area contributed by atoms with Crippen LogP contribution in [0.15, 0.2) is 94.5 Å². The first kappa shape index (κ1) is 50.8. The van der Waals surface area contributed by atoms with E-state index in [0.717, 1.165) is 56.0 Å². The van der Waals surface area contributed by atoms with Crippen LogP contribution in [-0.4, -0.2) is 112 Å². The lowest BCUT2D eigenvalue weighted by Gasteiger charge is -2.36. The van der Waals surface area contributed by atoms with E-state index in [1.165, 1.54) is 25.7 Å². The lowest BCUT2D eigenvalue weighted by Crippen LogP contribution is -2.49. The summed E-state index contributed by atoms with van der Waals surface area (Å²) in [6.45, 7) is 6.39. The van der Waals surface area contributed by atoms with Gasteiger partial charge in [0, 0.05) is 95.2 Å². The molecule has 372 valence electrons. The van der Waals surface area contributed by atoms with Crippen molar-refractivity contribution in [2.75, 3.05) is 62.2 Å². The third kappa shape index (κ3) is 13.4. The number of nitrogens with zero attached hydrogens (tertiary/aromatic N) is 5. The van der Waals surface area contributed by atoms with E-state index >= 15 is 0 Å². The van der Waals surface area contributed by atoms with E-state index in [4.69, 9.17) is 28.3 Å². The molecule has 4 heterocycles. The van der Waals surface area contributed by atoms with E-state index in [1.807, 2.05) is 41.3 Å². The maximum absolute atomic E-state index is 12.8. The van der Waals surface area contributed by atoms with Crippen molar-refractivity contribution >= 4 is 79.9 Å². The number of nitrogens with one attached hydrogen (secondary N) is 4. The number of hydrogen-bond donors (Lipinski definition) is 5. The van der Waals surface area contributed by atoms with Crippen molar-refractivity contribution in [3.8, 4) is 0 Å². The normalized spacial score (nSPS) is 15.9. The molecule has 0 unspecified atom stereocenters. The van der Waals surface area contributed by atoms with E-state index in [9.17, 15) is 28.8 Å². The van der Waals surface area contributed by atoms with Crippen molar-refractivity contribution in [3.63, 3.8) is 0 Å². The Morgan fingerprint density at radius 1 is 0.648 bits per heavy atom. The summed E-state index contributed by atoms with van der Waals surface area (Å²) in [5.74, 6) is 0.823. The first-order chi connectivity index (χ1) is 34.4. The average molecular weight is 1010 g/mol. The summed E-state index contributed by atoms with van der Waals surface area (Å²) in [6, 6.07) is 25.6. The number of carbonyl (C=O) groups excluding carboxylic acids is 3. The number of hydrogen-bond acceptors (Lipinski definition) is 11. The Bertz CT molecular complexity index is 3000. The topological polar surface area (TPSA) is 214 Å². The molecule has 0 radical (unpaired) electrons. The van der Waals surface area contributed by atoms with Gasteiger partial charge in [-0.1, -0.05) is 66.7 Å². The van der Waals surface area contributed by atoms with Crippen LogP contribution < -0.4 is 31.6 Å². The minimum Gasteiger partial charge on any atom is -0.481 e. The number of carboxylic acids is 1. The zero-order valence-electron chi connectivity index (χ0n) is 39.6. The number of fused-ring (bicyclic) bond motifs is 2. The number of benzene rings is 4. The van der Waals surface area contributed by atoms with Crippen LogP contribution in [0.3, 0.4) is 0 Å². The molecule has 2 aliphatic carbocycles. The quantitative estimate of drug-likeness (QED) is 0.0727. The van der Waals surface area contributed by atoms with Gasteiger partial charge in [-0.3, -0.25) is 28.8 Å². The standard InChI is InChI=1S/C26H28ClN5O3.C16H21ClN2O.C11H10N2O3/c27-20-16-17(25(34)28-18-4-3-5-18)8-9-22(20)31-12-14-32(15-13-31)24(33)11-10-23-29-21-7-2-1-6-19(21)26(35)30-23;17-14-11-13(16(20)10-12-2-1-3-12)4-5-15(14)19-8-6-18-7-9-19;14-10(15)6-5-9-12-8-4-2-1-3-7(8)11(16)13-9/h1-2,6-9,16,18H,3-5,10-15H2,(H,28,34)(H,29,30,35);4-5,11-12,18H,1-3,6-10H2;1-4H,5-6H2,(H,14,15)(H,12,13,16). The Hall–Kier alpha value is -6.62. The Kier molecular flexibility index (Phi) is 17.2. The molecular weight excluding hydrogens is 946 g/mol. The highest BCUT2D eigenvalue weighted by molar-refractivity contribution is 6.34. The number of amides is 2. The van der Waals surface area contributed by atoms with Crippen LogP contribution in [0.4, 0.5) is 11.4 Å². The molecular formula is C53H59Cl2N9O7. The minimum atomic E-state index is -0.907. The van der Waals surface area contributed by atoms with Crippen LogP contribution in [0.5, 0.6) is 0 Å².